The summed E-state index contributed by atoms with van der Waals surface area (Å²) < 4.78 is 5.35. The van der Waals surface area contributed by atoms with Crippen LogP contribution in [-0.4, -0.2) is 36.3 Å². The fraction of sp³-hybridized carbons (Fsp3) is 0.417. The third-order valence-corrected chi connectivity index (χ3v) is 5.60. The van der Waals surface area contributed by atoms with Gasteiger partial charge in [-0.1, -0.05) is 67.6 Å². The van der Waals surface area contributed by atoms with E-state index in [1.54, 1.807) is 0 Å². The monoisotopic (exact) mass is 379 g/mol. The van der Waals surface area contributed by atoms with Crippen molar-refractivity contribution >= 4 is 11.8 Å². The number of ketones is 1. The number of hydrogen-bond acceptors (Lipinski definition) is 4. The van der Waals surface area contributed by atoms with Crippen LogP contribution in [0.1, 0.15) is 44.2 Å². The summed E-state index contributed by atoms with van der Waals surface area (Å²) in [6.45, 7) is 5.59. The van der Waals surface area contributed by atoms with Gasteiger partial charge in [0.2, 0.25) is 0 Å². The lowest BCUT2D eigenvalue weighted by atomic mass is 9.72. The molecule has 1 saturated heterocycles. The Bertz CT molecular complexity index is 749. The van der Waals surface area contributed by atoms with E-state index in [0.29, 0.717) is 19.1 Å². The highest BCUT2D eigenvalue weighted by molar-refractivity contribution is 5.94. The minimum absolute atomic E-state index is 0.153. The summed E-state index contributed by atoms with van der Waals surface area (Å²) in [5.41, 5.74) is 2.29. The van der Waals surface area contributed by atoms with Gasteiger partial charge in [-0.15, -0.1) is 0 Å². The van der Waals surface area contributed by atoms with E-state index in [9.17, 15) is 9.59 Å². The summed E-state index contributed by atoms with van der Waals surface area (Å²) in [4.78, 5) is 25.3. The molecular formula is C24H29NO3. The van der Waals surface area contributed by atoms with Crippen molar-refractivity contribution in [2.24, 2.45) is 5.92 Å². The zero-order valence-corrected chi connectivity index (χ0v) is 16.8. The molecule has 4 nitrogen and oxygen atoms in total. The smallest absolute Gasteiger partial charge is 0.313 e. The Balaban J connectivity index is 1.90. The molecule has 4 heteroatoms. The number of esters is 1. The molecule has 1 fully saturated rings. The molecule has 0 bridgehead atoms. The van der Waals surface area contributed by atoms with Crippen molar-refractivity contribution in [2.45, 2.75) is 38.6 Å². The van der Waals surface area contributed by atoms with Gasteiger partial charge in [0.15, 0.2) is 0 Å². The van der Waals surface area contributed by atoms with Gasteiger partial charge < -0.3 is 4.74 Å². The fourth-order valence-electron chi connectivity index (χ4n) is 4.32. The van der Waals surface area contributed by atoms with E-state index in [2.05, 4.69) is 60.4 Å². The molecule has 0 saturated carbocycles. The van der Waals surface area contributed by atoms with Gasteiger partial charge in [-0.05, 0) is 43.4 Å². The number of carbonyl (C=O) groups is 2. The lowest BCUT2D eigenvalue weighted by molar-refractivity contribution is -0.146. The number of benzene rings is 2. The van der Waals surface area contributed by atoms with Gasteiger partial charge >= 0.3 is 5.97 Å². The van der Waals surface area contributed by atoms with E-state index < -0.39 is 5.97 Å². The number of Topliss-reactive ketones (excluding diaryl/α,β-unsaturated/α-hetero) is 1. The number of likely N-dealkylation sites (tertiary alicyclic amines) is 1. The van der Waals surface area contributed by atoms with Crippen LogP contribution in [0.4, 0.5) is 0 Å². The molecule has 1 atom stereocenters. The van der Waals surface area contributed by atoms with Gasteiger partial charge in [0.25, 0.3) is 0 Å². The minimum Gasteiger partial charge on any atom is -0.464 e. The van der Waals surface area contributed by atoms with Crippen LogP contribution in [0.2, 0.25) is 0 Å². The van der Waals surface area contributed by atoms with Crippen LogP contribution in [-0.2, 0) is 19.9 Å². The van der Waals surface area contributed by atoms with Crippen LogP contribution >= 0.6 is 0 Å². The molecule has 2 aromatic rings. The van der Waals surface area contributed by atoms with E-state index >= 15 is 0 Å². The Kier molecular flexibility index (Phi) is 6.63. The summed E-state index contributed by atoms with van der Waals surface area (Å²) in [6, 6.07) is 21.2. The number of nitrogens with zero attached hydrogens (tertiary/aromatic N) is 1. The average molecular weight is 380 g/mol. The molecule has 0 amide bonds. The lowest BCUT2D eigenvalue weighted by Crippen LogP contribution is -2.53. The maximum Gasteiger partial charge on any atom is 0.313 e. The third kappa shape index (κ3) is 4.50. The number of carbonyl (C=O) groups excluding carboxylic acids is 2. The predicted octanol–water partition coefficient (Wildman–Crippen LogP) is 4.18. The maximum absolute atomic E-state index is 11.8. The Hall–Kier alpha value is -2.46. The van der Waals surface area contributed by atoms with Crippen molar-refractivity contribution in [2.75, 3.05) is 19.7 Å². The minimum atomic E-state index is -0.442. The predicted molar refractivity (Wildman–Crippen MR) is 110 cm³/mol. The zero-order chi connectivity index (χ0) is 20.0. The third-order valence-electron chi connectivity index (χ3n) is 5.60. The highest BCUT2D eigenvalue weighted by Gasteiger charge is 2.43. The average Bonchev–Trinajstić information content (AvgIpc) is 2.70. The van der Waals surface area contributed by atoms with Gasteiger partial charge in [-0.2, -0.15) is 0 Å². The molecule has 3 rings (SSSR count). The van der Waals surface area contributed by atoms with Crippen LogP contribution in [0.25, 0.3) is 0 Å². The summed E-state index contributed by atoms with van der Waals surface area (Å²) in [5, 5.41) is 0. The number of rotatable bonds is 7. The molecule has 0 N–H and O–H groups in total. The highest BCUT2D eigenvalue weighted by atomic mass is 16.5. The van der Waals surface area contributed by atoms with Crippen LogP contribution in [0.3, 0.4) is 0 Å². The summed E-state index contributed by atoms with van der Waals surface area (Å²) in [6.07, 6.45) is 1.98. The van der Waals surface area contributed by atoms with E-state index in [4.69, 9.17) is 4.74 Å². The van der Waals surface area contributed by atoms with Crippen LogP contribution < -0.4 is 0 Å². The largest absolute Gasteiger partial charge is 0.464 e. The first-order valence-corrected chi connectivity index (χ1v) is 10.0. The Morgan fingerprint density at radius 1 is 1.04 bits per heavy atom. The normalized spacial score (nSPS) is 19.1. The van der Waals surface area contributed by atoms with E-state index in [1.165, 1.54) is 18.1 Å². The standard InChI is InChI=1S/C24H29NO3/c1-19-13-14-25(15-16-28-23(27)17-20(2)26)24(18-19,21-9-5-3-6-10-21)22-11-7-4-8-12-22/h3-12,19H,13-18H2,1-2H3. The molecule has 1 unspecified atom stereocenters. The van der Waals surface area contributed by atoms with Crippen molar-refractivity contribution < 1.29 is 14.3 Å². The molecule has 1 aliphatic rings. The lowest BCUT2D eigenvalue weighted by Gasteiger charge is -2.50. The Labute approximate surface area is 167 Å². The van der Waals surface area contributed by atoms with Crippen molar-refractivity contribution in [3.05, 3.63) is 71.8 Å². The molecule has 0 spiro atoms. The first-order valence-electron chi connectivity index (χ1n) is 10.0. The summed E-state index contributed by atoms with van der Waals surface area (Å²) >= 11 is 0. The molecule has 1 heterocycles. The topological polar surface area (TPSA) is 46.6 Å². The van der Waals surface area contributed by atoms with Gasteiger partial charge in [-0.25, -0.2) is 0 Å². The van der Waals surface area contributed by atoms with Crippen molar-refractivity contribution in [1.82, 2.24) is 4.90 Å². The molecule has 148 valence electrons. The van der Waals surface area contributed by atoms with Crippen molar-refractivity contribution in [3.8, 4) is 0 Å². The Morgan fingerprint density at radius 3 is 2.14 bits per heavy atom. The molecule has 0 radical (unpaired) electrons. The molecule has 28 heavy (non-hydrogen) atoms. The van der Waals surface area contributed by atoms with E-state index in [-0.39, 0.29) is 17.7 Å². The summed E-state index contributed by atoms with van der Waals surface area (Å²) in [7, 11) is 0. The second-order valence-electron chi connectivity index (χ2n) is 7.78. The van der Waals surface area contributed by atoms with Crippen LogP contribution in [0.5, 0.6) is 0 Å². The van der Waals surface area contributed by atoms with E-state index in [0.717, 1.165) is 19.4 Å². The van der Waals surface area contributed by atoms with Crippen molar-refractivity contribution in [1.29, 1.82) is 0 Å². The zero-order valence-electron chi connectivity index (χ0n) is 16.8. The number of piperidine rings is 1. The second-order valence-corrected chi connectivity index (χ2v) is 7.78. The molecule has 2 aromatic carbocycles. The van der Waals surface area contributed by atoms with Gasteiger partial charge in [0, 0.05) is 6.54 Å². The van der Waals surface area contributed by atoms with Crippen LogP contribution in [0.15, 0.2) is 60.7 Å². The first-order chi connectivity index (χ1) is 13.5. The maximum atomic E-state index is 11.8. The van der Waals surface area contributed by atoms with Crippen LogP contribution in [0, 0.1) is 5.92 Å². The van der Waals surface area contributed by atoms with Gasteiger partial charge in [-0.3, -0.25) is 14.5 Å². The molecule has 0 aliphatic carbocycles. The molecular weight excluding hydrogens is 350 g/mol. The van der Waals surface area contributed by atoms with Gasteiger partial charge in [0.1, 0.15) is 18.8 Å². The van der Waals surface area contributed by atoms with Gasteiger partial charge in [0.05, 0.1) is 5.54 Å². The number of hydrogen-bond donors (Lipinski definition) is 0. The number of ether oxygens (including phenoxy) is 1. The first kappa shape index (κ1) is 20.3. The van der Waals surface area contributed by atoms with Crippen molar-refractivity contribution in [3.63, 3.8) is 0 Å². The molecule has 1 aliphatic heterocycles. The second kappa shape index (κ2) is 9.16. The highest BCUT2D eigenvalue weighted by Crippen LogP contribution is 2.45. The van der Waals surface area contributed by atoms with E-state index in [1.807, 2.05) is 12.1 Å². The Morgan fingerprint density at radius 2 is 1.61 bits per heavy atom. The fourth-order valence-corrected chi connectivity index (χ4v) is 4.32. The quantitative estimate of drug-likeness (QED) is 0.535. The SMILES string of the molecule is CC(=O)CC(=O)OCCN1CCC(C)CC1(c1ccccc1)c1ccccc1. The molecule has 0 aromatic heterocycles. The summed E-state index contributed by atoms with van der Waals surface area (Å²) in [5.74, 6) is -0.0143.